The van der Waals surface area contributed by atoms with Crippen LogP contribution in [-0.2, 0) is 9.63 Å². The van der Waals surface area contributed by atoms with E-state index in [-0.39, 0.29) is 12.5 Å². The monoisotopic (exact) mass is 104 g/mol. The lowest BCUT2D eigenvalue weighted by molar-refractivity contribution is -0.129. The molecule has 1 amide bonds. The van der Waals surface area contributed by atoms with E-state index in [9.17, 15) is 4.79 Å². The van der Waals surface area contributed by atoms with Gasteiger partial charge in [-0.2, -0.15) is 0 Å². The first-order chi connectivity index (χ1) is 3.31. The number of nitrogens with two attached hydrogens (primary N) is 1. The zero-order valence-corrected chi connectivity index (χ0v) is 4.10. The molecule has 0 rings (SSSR count). The fraction of sp³-hybridized carbons (Fsp3) is 0.667. The molecule has 0 aliphatic heterocycles. The van der Waals surface area contributed by atoms with Gasteiger partial charge in [-0.1, -0.05) is 0 Å². The number of amides is 1. The first-order valence-electron chi connectivity index (χ1n) is 1.83. The third-order valence-electron chi connectivity index (χ3n) is 0.401. The minimum Gasteiger partial charge on any atom is -0.322 e. The lowest BCUT2D eigenvalue weighted by atomic mass is 10.7. The van der Waals surface area contributed by atoms with Crippen LogP contribution in [0.5, 0.6) is 0 Å². The van der Waals surface area contributed by atoms with Gasteiger partial charge in [0.25, 0.3) is 5.91 Å². The molecule has 0 saturated heterocycles. The molecule has 0 aliphatic carbocycles. The minimum absolute atomic E-state index is 0.0339. The summed E-state index contributed by atoms with van der Waals surface area (Å²) < 4.78 is 0. The molecular weight excluding hydrogens is 96.0 g/mol. The second-order valence-corrected chi connectivity index (χ2v) is 0.933. The van der Waals surface area contributed by atoms with Gasteiger partial charge in [0.05, 0.1) is 13.7 Å². The summed E-state index contributed by atoms with van der Waals surface area (Å²) in [6.07, 6.45) is 0. The molecule has 7 heavy (non-hydrogen) atoms. The molecular formula is C3H8N2O2. The lowest BCUT2D eigenvalue weighted by Crippen LogP contribution is -2.28. The lowest BCUT2D eigenvalue weighted by Gasteiger charge is -1.94. The van der Waals surface area contributed by atoms with E-state index in [2.05, 4.69) is 4.84 Å². The molecule has 42 valence electrons. The number of carbonyl (C=O) groups excluding carboxylic acids is 1. The molecule has 4 heteroatoms. The second-order valence-electron chi connectivity index (χ2n) is 0.933. The van der Waals surface area contributed by atoms with Crippen LogP contribution in [0.1, 0.15) is 0 Å². The maximum atomic E-state index is 10.1. The van der Waals surface area contributed by atoms with Crippen LogP contribution in [0.4, 0.5) is 0 Å². The molecule has 0 radical (unpaired) electrons. The smallest absolute Gasteiger partial charge is 0.257 e. The third-order valence-corrected chi connectivity index (χ3v) is 0.401. The summed E-state index contributed by atoms with van der Waals surface area (Å²) in [5.41, 5.74) is 6.90. The largest absolute Gasteiger partial charge is 0.322 e. The maximum absolute atomic E-state index is 10.1. The van der Waals surface area contributed by atoms with Crippen molar-refractivity contribution in [2.45, 2.75) is 0 Å². The van der Waals surface area contributed by atoms with E-state index >= 15 is 0 Å². The highest BCUT2D eigenvalue weighted by molar-refractivity contribution is 5.76. The summed E-state index contributed by atoms with van der Waals surface area (Å²) >= 11 is 0. The van der Waals surface area contributed by atoms with E-state index in [1.54, 1.807) is 0 Å². The number of hydroxylamine groups is 1. The Morgan fingerprint density at radius 1 is 2.00 bits per heavy atom. The van der Waals surface area contributed by atoms with E-state index in [1.807, 2.05) is 5.48 Å². The number of nitrogens with one attached hydrogen (secondary N) is 1. The normalized spacial score (nSPS) is 8.29. The Morgan fingerprint density at radius 3 is 2.71 bits per heavy atom. The Morgan fingerprint density at radius 2 is 2.57 bits per heavy atom. The zero-order chi connectivity index (χ0) is 5.70. The molecule has 0 atom stereocenters. The maximum Gasteiger partial charge on any atom is 0.257 e. The molecule has 0 unspecified atom stereocenters. The van der Waals surface area contributed by atoms with Crippen LogP contribution in [0.25, 0.3) is 0 Å². The standard InChI is InChI=1S/C3H8N2O2/c1-7-5-3(6)2-4/h2,4H2,1H3,(H,5,6). The van der Waals surface area contributed by atoms with E-state index in [0.29, 0.717) is 0 Å². The van der Waals surface area contributed by atoms with Gasteiger partial charge < -0.3 is 5.73 Å². The van der Waals surface area contributed by atoms with Gasteiger partial charge >= 0.3 is 0 Å². The van der Waals surface area contributed by atoms with E-state index in [4.69, 9.17) is 5.73 Å². The summed E-state index contributed by atoms with van der Waals surface area (Å²) in [6.45, 7) is -0.0339. The van der Waals surface area contributed by atoms with E-state index in [0.717, 1.165) is 0 Å². The minimum atomic E-state index is -0.317. The van der Waals surface area contributed by atoms with Gasteiger partial charge in [-0.3, -0.25) is 9.63 Å². The number of carbonyl (C=O) groups is 1. The fourth-order valence-corrected chi connectivity index (χ4v) is 0.156. The average molecular weight is 104 g/mol. The van der Waals surface area contributed by atoms with Gasteiger partial charge in [-0.15, -0.1) is 0 Å². The highest BCUT2D eigenvalue weighted by atomic mass is 16.6. The number of rotatable bonds is 2. The summed E-state index contributed by atoms with van der Waals surface area (Å²) in [7, 11) is 1.35. The Bertz CT molecular complexity index is 64.0. The van der Waals surface area contributed by atoms with Gasteiger partial charge in [-0.25, -0.2) is 5.48 Å². The predicted molar refractivity (Wildman–Crippen MR) is 24.2 cm³/mol. The molecule has 0 aliphatic rings. The Labute approximate surface area is 41.6 Å². The van der Waals surface area contributed by atoms with Gasteiger partial charge in [-0.05, 0) is 0 Å². The number of hydrogen-bond acceptors (Lipinski definition) is 3. The van der Waals surface area contributed by atoms with Crippen molar-refractivity contribution in [3.05, 3.63) is 0 Å². The molecule has 0 aromatic rings. The van der Waals surface area contributed by atoms with Gasteiger partial charge in [0.1, 0.15) is 0 Å². The SMILES string of the molecule is CONC(=O)CN. The molecule has 3 N–H and O–H groups in total. The molecule has 0 heterocycles. The molecule has 0 bridgehead atoms. The summed E-state index contributed by atoms with van der Waals surface area (Å²) in [6, 6.07) is 0. The Hall–Kier alpha value is -0.610. The number of hydrogen-bond donors (Lipinski definition) is 2. The molecule has 0 spiro atoms. The van der Waals surface area contributed by atoms with Crippen molar-refractivity contribution in [3.8, 4) is 0 Å². The van der Waals surface area contributed by atoms with Crippen LogP contribution in [0.3, 0.4) is 0 Å². The van der Waals surface area contributed by atoms with Crippen molar-refractivity contribution in [2.75, 3.05) is 13.7 Å². The van der Waals surface area contributed by atoms with Crippen molar-refractivity contribution in [2.24, 2.45) is 5.73 Å². The fourth-order valence-electron chi connectivity index (χ4n) is 0.156. The highest BCUT2D eigenvalue weighted by Crippen LogP contribution is 1.54. The topological polar surface area (TPSA) is 64.3 Å². The van der Waals surface area contributed by atoms with Crippen molar-refractivity contribution in [3.63, 3.8) is 0 Å². The van der Waals surface area contributed by atoms with Crippen molar-refractivity contribution >= 4 is 5.91 Å². The summed E-state index contributed by atoms with van der Waals surface area (Å²) in [5.74, 6) is -0.317. The van der Waals surface area contributed by atoms with Crippen LogP contribution < -0.4 is 11.2 Å². The highest BCUT2D eigenvalue weighted by Gasteiger charge is 1.89. The van der Waals surface area contributed by atoms with Crippen molar-refractivity contribution in [1.29, 1.82) is 0 Å². The molecule has 0 saturated carbocycles. The molecule has 0 fully saturated rings. The van der Waals surface area contributed by atoms with Gasteiger partial charge in [0.2, 0.25) is 0 Å². The summed E-state index contributed by atoms with van der Waals surface area (Å²) in [5, 5.41) is 0. The zero-order valence-electron chi connectivity index (χ0n) is 4.10. The molecule has 0 aromatic heterocycles. The van der Waals surface area contributed by atoms with Crippen LogP contribution in [0, 0.1) is 0 Å². The summed E-state index contributed by atoms with van der Waals surface area (Å²) in [4.78, 5) is 14.3. The van der Waals surface area contributed by atoms with Gasteiger partial charge in [0, 0.05) is 0 Å². The molecule has 0 aromatic carbocycles. The predicted octanol–water partition coefficient (Wildman–Crippen LogP) is -1.38. The first-order valence-corrected chi connectivity index (χ1v) is 1.83. The Kier molecular flexibility index (Phi) is 3.26. The average Bonchev–Trinajstić information content (AvgIpc) is 1.68. The van der Waals surface area contributed by atoms with Crippen molar-refractivity contribution in [1.82, 2.24) is 5.48 Å². The first kappa shape index (κ1) is 6.39. The van der Waals surface area contributed by atoms with Crippen LogP contribution in [-0.4, -0.2) is 19.6 Å². The van der Waals surface area contributed by atoms with E-state index in [1.165, 1.54) is 7.11 Å². The van der Waals surface area contributed by atoms with Crippen LogP contribution in [0.2, 0.25) is 0 Å². The van der Waals surface area contributed by atoms with Crippen molar-refractivity contribution < 1.29 is 9.63 Å². The second kappa shape index (κ2) is 3.58. The van der Waals surface area contributed by atoms with Crippen LogP contribution in [0.15, 0.2) is 0 Å². The third kappa shape index (κ3) is 3.21. The quantitative estimate of drug-likeness (QED) is 0.424. The molecule has 4 nitrogen and oxygen atoms in total. The van der Waals surface area contributed by atoms with Crippen LogP contribution >= 0.6 is 0 Å². The Balaban J connectivity index is 3.00. The van der Waals surface area contributed by atoms with E-state index < -0.39 is 0 Å². The van der Waals surface area contributed by atoms with Gasteiger partial charge in [0.15, 0.2) is 0 Å².